The summed E-state index contributed by atoms with van der Waals surface area (Å²) in [5.74, 6) is -0.443. The summed E-state index contributed by atoms with van der Waals surface area (Å²) in [4.78, 5) is 41.3. The first kappa shape index (κ1) is 28.2. The SMILES string of the molecule is CCC(C)(C)NC(=O)C(c1ccccc1Cl)N(C(=O)CCC(=O)Nc1cc(C)on1)c1ccc(Cl)cc1. The maximum absolute atomic E-state index is 13.8. The van der Waals surface area contributed by atoms with Gasteiger partial charge < -0.3 is 15.2 Å². The monoisotopic (exact) mass is 544 g/mol. The van der Waals surface area contributed by atoms with Gasteiger partial charge in [-0.15, -0.1) is 0 Å². The van der Waals surface area contributed by atoms with Crippen molar-refractivity contribution >= 4 is 52.4 Å². The van der Waals surface area contributed by atoms with Crippen molar-refractivity contribution in [1.82, 2.24) is 10.5 Å². The molecule has 196 valence electrons. The molecule has 1 atom stereocenters. The molecule has 3 aromatic rings. The van der Waals surface area contributed by atoms with Gasteiger partial charge in [0.15, 0.2) is 5.82 Å². The molecule has 8 nitrogen and oxygen atoms in total. The summed E-state index contributed by atoms with van der Waals surface area (Å²) < 4.78 is 4.96. The molecule has 0 aliphatic heterocycles. The van der Waals surface area contributed by atoms with E-state index in [0.29, 0.717) is 33.5 Å². The zero-order valence-corrected chi connectivity index (χ0v) is 22.7. The number of anilines is 2. The van der Waals surface area contributed by atoms with Crippen molar-refractivity contribution in [3.63, 3.8) is 0 Å². The lowest BCUT2D eigenvalue weighted by Crippen LogP contribution is -2.50. The quantitative estimate of drug-likeness (QED) is 0.321. The van der Waals surface area contributed by atoms with Crippen LogP contribution in [-0.4, -0.2) is 28.4 Å². The molecule has 0 saturated heterocycles. The van der Waals surface area contributed by atoms with E-state index in [2.05, 4.69) is 15.8 Å². The molecule has 1 unspecified atom stereocenters. The van der Waals surface area contributed by atoms with Gasteiger partial charge in [-0.05, 0) is 57.5 Å². The van der Waals surface area contributed by atoms with Crippen LogP contribution >= 0.6 is 23.2 Å². The number of hydrogen-bond donors (Lipinski definition) is 2. The van der Waals surface area contributed by atoms with Crippen LogP contribution in [0.15, 0.2) is 59.1 Å². The van der Waals surface area contributed by atoms with Crippen LogP contribution in [0.4, 0.5) is 11.5 Å². The molecular weight excluding hydrogens is 515 g/mol. The highest BCUT2D eigenvalue weighted by atomic mass is 35.5. The van der Waals surface area contributed by atoms with Gasteiger partial charge in [0, 0.05) is 45.7 Å². The summed E-state index contributed by atoms with van der Waals surface area (Å²) in [7, 11) is 0. The van der Waals surface area contributed by atoms with Gasteiger partial charge in [-0.2, -0.15) is 0 Å². The van der Waals surface area contributed by atoms with E-state index in [9.17, 15) is 14.4 Å². The van der Waals surface area contributed by atoms with Gasteiger partial charge in [-0.1, -0.05) is 53.5 Å². The average molecular weight is 545 g/mol. The molecule has 3 rings (SSSR count). The Balaban J connectivity index is 1.97. The minimum absolute atomic E-state index is 0.133. The highest BCUT2D eigenvalue weighted by Gasteiger charge is 2.36. The Kier molecular flexibility index (Phi) is 9.34. The van der Waals surface area contributed by atoms with Gasteiger partial charge in [0.2, 0.25) is 17.7 Å². The zero-order chi connectivity index (χ0) is 27.2. The number of carbonyl (C=O) groups is 3. The predicted molar refractivity (Wildman–Crippen MR) is 145 cm³/mol. The van der Waals surface area contributed by atoms with Gasteiger partial charge in [0.05, 0.1) is 0 Å². The third-order valence-corrected chi connectivity index (χ3v) is 6.48. The largest absolute Gasteiger partial charge is 0.360 e. The van der Waals surface area contributed by atoms with Crippen molar-refractivity contribution in [3.8, 4) is 0 Å². The lowest BCUT2D eigenvalue weighted by Gasteiger charge is -2.35. The fourth-order valence-corrected chi connectivity index (χ4v) is 3.96. The molecule has 3 amide bonds. The second-order valence-electron chi connectivity index (χ2n) is 9.26. The van der Waals surface area contributed by atoms with Crippen molar-refractivity contribution in [1.29, 1.82) is 0 Å². The highest BCUT2D eigenvalue weighted by Crippen LogP contribution is 2.34. The van der Waals surface area contributed by atoms with Crippen molar-refractivity contribution in [2.45, 2.75) is 58.5 Å². The van der Waals surface area contributed by atoms with Crippen LogP contribution in [0, 0.1) is 6.92 Å². The summed E-state index contributed by atoms with van der Waals surface area (Å²) in [6.45, 7) is 7.47. The number of aryl methyl sites for hydroxylation is 1. The first-order valence-corrected chi connectivity index (χ1v) is 12.6. The summed E-state index contributed by atoms with van der Waals surface area (Å²) in [5, 5.41) is 10.2. The zero-order valence-electron chi connectivity index (χ0n) is 21.2. The Hall–Kier alpha value is -3.36. The molecule has 0 spiro atoms. The number of hydrogen-bond acceptors (Lipinski definition) is 5. The lowest BCUT2D eigenvalue weighted by atomic mass is 9.98. The molecule has 2 N–H and O–H groups in total. The minimum atomic E-state index is -1.09. The first-order valence-electron chi connectivity index (χ1n) is 11.9. The van der Waals surface area contributed by atoms with Crippen LogP contribution in [0.5, 0.6) is 0 Å². The second-order valence-corrected chi connectivity index (χ2v) is 10.1. The number of benzene rings is 2. The first-order chi connectivity index (χ1) is 17.5. The van der Waals surface area contributed by atoms with Crippen molar-refractivity contribution < 1.29 is 18.9 Å². The Morgan fingerprint density at radius 3 is 2.32 bits per heavy atom. The van der Waals surface area contributed by atoms with E-state index in [1.807, 2.05) is 20.8 Å². The molecule has 0 bridgehead atoms. The van der Waals surface area contributed by atoms with Gasteiger partial charge in [-0.25, -0.2) is 0 Å². The smallest absolute Gasteiger partial charge is 0.248 e. The lowest BCUT2D eigenvalue weighted by molar-refractivity contribution is -0.128. The van der Waals surface area contributed by atoms with Gasteiger partial charge >= 0.3 is 0 Å². The van der Waals surface area contributed by atoms with E-state index in [-0.39, 0.29) is 18.7 Å². The van der Waals surface area contributed by atoms with Crippen LogP contribution in [0.1, 0.15) is 57.4 Å². The molecule has 0 fully saturated rings. The molecule has 10 heteroatoms. The fraction of sp³-hybridized carbons (Fsp3) is 0.333. The van der Waals surface area contributed by atoms with Crippen LogP contribution in [0.25, 0.3) is 0 Å². The average Bonchev–Trinajstić information content (AvgIpc) is 3.26. The standard InChI is InChI=1S/C27H30Cl2N4O4/c1-5-27(3,4)31-26(36)25(20-8-6-7-9-21(20)29)33(19-12-10-18(28)11-13-19)24(35)15-14-23(34)30-22-16-17(2)37-32-22/h6-13,16,25H,5,14-15H2,1-4H3,(H,31,36)(H,30,32,34). The molecule has 2 aromatic carbocycles. The van der Waals surface area contributed by atoms with Crippen LogP contribution in [0.3, 0.4) is 0 Å². The second kappa shape index (κ2) is 12.3. The van der Waals surface area contributed by atoms with E-state index in [1.165, 1.54) is 4.90 Å². The van der Waals surface area contributed by atoms with Gasteiger partial charge in [0.1, 0.15) is 11.8 Å². The Labute approximate surface area is 226 Å². The van der Waals surface area contributed by atoms with E-state index in [0.717, 1.165) is 0 Å². The molecule has 0 saturated carbocycles. The van der Waals surface area contributed by atoms with Crippen molar-refractivity contribution in [3.05, 3.63) is 76.0 Å². The normalized spacial score (nSPS) is 12.1. The topological polar surface area (TPSA) is 105 Å². The van der Waals surface area contributed by atoms with Crippen LogP contribution in [-0.2, 0) is 14.4 Å². The number of aromatic nitrogens is 1. The number of nitrogens with one attached hydrogen (secondary N) is 2. The summed E-state index contributed by atoms with van der Waals surface area (Å²) >= 11 is 12.6. The third kappa shape index (κ3) is 7.57. The number of rotatable bonds is 10. The molecule has 1 aromatic heterocycles. The number of carbonyl (C=O) groups excluding carboxylic acids is 3. The summed E-state index contributed by atoms with van der Waals surface area (Å²) in [6, 6.07) is 13.9. The molecule has 37 heavy (non-hydrogen) atoms. The van der Waals surface area contributed by atoms with Gasteiger partial charge in [0.25, 0.3) is 0 Å². The number of amides is 3. The van der Waals surface area contributed by atoms with Crippen LogP contribution in [0.2, 0.25) is 10.0 Å². The fourth-order valence-electron chi connectivity index (χ4n) is 3.60. The molecule has 1 heterocycles. The van der Waals surface area contributed by atoms with E-state index in [4.69, 9.17) is 27.7 Å². The Morgan fingerprint density at radius 1 is 1.05 bits per heavy atom. The minimum Gasteiger partial charge on any atom is -0.360 e. The molecule has 0 radical (unpaired) electrons. The summed E-state index contributed by atoms with van der Waals surface area (Å²) in [5.41, 5.74) is 0.372. The molecular formula is C27H30Cl2N4O4. The number of nitrogens with zero attached hydrogens (tertiary/aromatic N) is 2. The van der Waals surface area contributed by atoms with Crippen LogP contribution < -0.4 is 15.5 Å². The maximum Gasteiger partial charge on any atom is 0.248 e. The van der Waals surface area contributed by atoms with Crippen molar-refractivity contribution in [2.24, 2.45) is 0 Å². The highest BCUT2D eigenvalue weighted by molar-refractivity contribution is 6.32. The molecule has 0 aliphatic rings. The summed E-state index contributed by atoms with van der Waals surface area (Å²) in [6.07, 6.45) is 0.368. The van der Waals surface area contributed by atoms with Crippen molar-refractivity contribution in [2.75, 3.05) is 10.2 Å². The Bertz CT molecular complexity index is 1260. The molecule has 0 aliphatic carbocycles. The number of halogens is 2. The van der Waals surface area contributed by atoms with E-state index < -0.39 is 29.3 Å². The van der Waals surface area contributed by atoms with E-state index in [1.54, 1.807) is 61.5 Å². The Morgan fingerprint density at radius 2 is 1.73 bits per heavy atom. The predicted octanol–water partition coefficient (Wildman–Crippen LogP) is 6.09. The third-order valence-electron chi connectivity index (χ3n) is 5.89. The van der Waals surface area contributed by atoms with E-state index >= 15 is 0 Å². The van der Waals surface area contributed by atoms with Gasteiger partial charge in [-0.3, -0.25) is 19.3 Å². The maximum atomic E-state index is 13.8.